The van der Waals surface area contributed by atoms with Gasteiger partial charge in [-0.3, -0.25) is 4.79 Å². The van der Waals surface area contributed by atoms with Gasteiger partial charge in [0.1, 0.15) is 6.10 Å². The smallest absolute Gasteiger partial charge is 0.274 e. The lowest BCUT2D eigenvalue weighted by Gasteiger charge is -2.32. The van der Waals surface area contributed by atoms with Crippen molar-refractivity contribution in [2.75, 3.05) is 13.1 Å². The van der Waals surface area contributed by atoms with Crippen LogP contribution in [0.2, 0.25) is 0 Å². The molecule has 1 amide bonds. The Morgan fingerprint density at radius 2 is 1.88 bits per heavy atom. The van der Waals surface area contributed by atoms with Gasteiger partial charge in [0.15, 0.2) is 0 Å². The molecule has 2 aliphatic rings. The number of carbonyl (C=O) groups excluding carboxylic acids is 1. The summed E-state index contributed by atoms with van der Waals surface area (Å²) in [5.41, 5.74) is 1.00. The van der Waals surface area contributed by atoms with Crippen LogP contribution in [0.25, 0.3) is 10.2 Å². The third-order valence-electron chi connectivity index (χ3n) is 5.83. The van der Waals surface area contributed by atoms with Crippen molar-refractivity contribution in [3.8, 4) is 5.19 Å². The van der Waals surface area contributed by atoms with Crippen LogP contribution >= 0.6 is 11.3 Å². The molecule has 1 aliphatic carbocycles. The molecule has 4 nitrogen and oxygen atoms in total. The van der Waals surface area contributed by atoms with Crippen LogP contribution < -0.4 is 4.74 Å². The largest absolute Gasteiger partial charge is 0.467 e. The molecule has 1 saturated carbocycles. The summed E-state index contributed by atoms with van der Waals surface area (Å²) in [4.78, 5) is 19.1. The molecular weight excluding hydrogens is 344 g/mol. The molecule has 1 aromatic carbocycles. The minimum absolute atomic E-state index is 0.179. The van der Waals surface area contributed by atoms with Crippen LogP contribution in [-0.2, 0) is 4.79 Å². The van der Waals surface area contributed by atoms with Gasteiger partial charge in [0.05, 0.1) is 10.2 Å². The number of para-hydroxylation sites is 1. The van der Waals surface area contributed by atoms with Crippen molar-refractivity contribution in [1.82, 2.24) is 9.88 Å². The molecule has 0 radical (unpaired) electrons. The van der Waals surface area contributed by atoms with Crippen molar-refractivity contribution in [2.45, 2.75) is 63.9 Å². The summed E-state index contributed by atoms with van der Waals surface area (Å²) in [6, 6.07) is 8.13. The van der Waals surface area contributed by atoms with Crippen LogP contribution in [-0.4, -0.2) is 35.0 Å². The van der Waals surface area contributed by atoms with Crippen LogP contribution in [0.4, 0.5) is 0 Å². The Bertz CT molecular complexity index is 697. The Morgan fingerprint density at radius 3 is 2.65 bits per heavy atom. The molecule has 26 heavy (non-hydrogen) atoms. The van der Waals surface area contributed by atoms with E-state index in [0.29, 0.717) is 5.91 Å². The molecule has 2 heterocycles. The van der Waals surface area contributed by atoms with Gasteiger partial charge in [-0.15, -0.1) is 0 Å². The number of hydrogen-bond acceptors (Lipinski definition) is 4. The highest BCUT2D eigenvalue weighted by Crippen LogP contribution is 2.30. The second-order valence-corrected chi connectivity index (χ2v) is 8.68. The average molecular weight is 373 g/mol. The summed E-state index contributed by atoms with van der Waals surface area (Å²) in [6.45, 7) is 1.64. The summed E-state index contributed by atoms with van der Waals surface area (Å²) < 4.78 is 7.26. The molecule has 0 atom stereocenters. The van der Waals surface area contributed by atoms with Gasteiger partial charge in [-0.25, -0.2) is 4.98 Å². The molecule has 0 unspecified atom stereocenters. The van der Waals surface area contributed by atoms with E-state index in [0.717, 1.165) is 60.1 Å². The van der Waals surface area contributed by atoms with Gasteiger partial charge in [-0.2, -0.15) is 0 Å². The maximum atomic E-state index is 12.5. The summed E-state index contributed by atoms with van der Waals surface area (Å²) in [7, 11) is 0. The zero-order valence-electron chi connectivity index (χ0n) is 15.4. The van der Waals surface area contributed by atoms with E-state index in [9.17, 15) is 4.79 Å². The van der Waals surface area contributed by atoms with Gasteiger partial charge in [0.25, 0.3) is 5.19 Å². The minimum atomic E-state index is 0.179. The van der Waals surface area contributed by atoms with Gasteiger partial charge in [-0.1, -0.05) is 55.6 Å². The van der Waals surface area contributed by atoms with Crippen LogP contribution in [0.1, 0.15) is 57.8 Å². The first-order valence-corrected chi connectivity index (χ1v) is 10.9. The molecule has 1 saturated heterocycles. The first-order chi connectivity index (χ1) is 12.8. The topological polar surface area (TPSA) is 42.4 Å². The average Bonchev–Trinajstić information content (AvgIpc) is 3.10. The fourth-order valence-corrected chi connectivity index (χ4v) is 5.11. The number of rotatable bonds is 5. The number of benzene rings is 1. The molecule has 5 heteroatoms. The second kappa shape index (κ2) is 8.38. The molecule has 1 aliphatic heterocycles. The molecule has 2 fully saturated rings. The monoisotopic (exact) mass is 372 g/mol. The second-order valence-electron chi connectivity index (χ2n) is 7.69. The molecule has 0 bridgehead atoms. The van der Waals surface area contributed by atoms with Crippen LogP contribution in [0.5, 0.6) is 5.19 Å². The molecule has 0 N–H and O–H groups in total. The number of hydrogen-bond donors (Lipinski definition) is 0. The first-order valence-electron chi connectivity index (χ1n) is 10.1. The molecule has 4 rings (SSSR count). The molecular formula is C21H28N2O2S. The lowest BCUT2D eigenvalue weighted by molar-refractivity contribution is -0.133. The number of thiazole rings is 1. The number of piperidine rings is 1. The highest BCUT2D eigenvalue weighted by Gasteiger charge is 2.25. The Kier molecular flexibility index (Phi) is 5.73. The van der Waals surface area contributed by atoms with Gasteiger partial charge in [-0.05, 0) is 24.5 Å². The van der Waals surface area contributed by atoms with Crippen molar-refractivity contribution in [1.29, 1.82) is 0 Å². The number of aromatic nitrogens is 1. The zero-order valence-corrected chi connectivity index (χ0v) is 16.2. The van der Waals surface area contributed by atoms with Crippen LogP contribution in [0, 0.1) is 5.92 Å². The van der Waals surface area contributed by atoms with E-state index in [4.69, 9.17) is 4.74 Å². The van der Waals surface area contributed by atoms with Crippen molar-refractivity contribution in [3.05, 3.63) is 24.3 Å². The molecule has 0 spiro atoms. The summed E-state index contributed by atoms with van der Waals surface area (Å²) in [5.74, 6) is 1.13. The van der Waals surface area contributed by atoms with E-state index >= 15 is 0 Å². The van der Waals surface area contributed by atoms with Gasteiger partial charge in [0.2, 0.25) is 5.91 Å². The van der Waals surface area contributed by atoms with Crippen molar-refractivity contribution < 1.29 is 9.53 Å². The van der Waals surface area contributed by atoms with Gasteiger partial charge in [0, 0.05) is 32.4 Å². The van der Waals surface area contributed by atoms with Gasteiger partial charge < -0.3 is 9.64 Å². The van der Waals surface area contributed by atoms with Crippen molar-refractivity contribution >= 4 is 27.5 Å². The summed E-state index contributed by atoms with van der Waals surface area (Å²) in [5, 5.41) is 0.758. The Morgan fingerprint density at radius 1 is 1.12 bits per heavy atom. The number of carbonyl (C=O) groups is 1. The highest BCUT2D eigenvalue weighted by molar-refractivity contribution is 7.20. The Balaban J connectivity index is 1.22. The molecule has 2 aromatic rings. The number of nitrogens with zero attached hydrogens (tertiary/aromatic N) is 2. The van der Waals surface area contributed by atoms with E-state index in [2.05, 4.69) is 11.1 Å². The number of ether oxygens (including phenoxy) is 1. The maximum absolute atomic E-state index is 12.5. The third-order valence-corrected chi connectivity index (χ3v) is 6.75. The summed E-state index contributed by atoms with van der Waals surface area (Å²) >= 11 is 1.61. The fraction of sp³-hybridized carbons (Fsp3) is 0.619. The standard InChI is InChI=1S/C21H28N2O2S/c24-20(11-10-16-6-2-1-3-7-16)23-14-12-17(13-15-23)25-21-22-18-8-4-5-9-19(18)26-21/h4-5,8-9,16-17H,1-3,6-7,10-15H2. The lowest BCUT2D eigenvalue weighted by Crippen LogP contribution is -2.41. The SMILES string of the molecule is O=C(CCC1CCCCC1)N1CCC(Oc2nc3ccccc3s2)CC1. The normalized spacial score (nSPS) is 19.8. The minimum Gasteiger partial charge on any atom is -0.467 e. The van der Waals surface area contributed by atoms with E-state index < -0.39 is 0 Å². The van der Waals surface area contributed by atoms with Crippen molar-refractivity contribution in [3.63, 3.8) is 0 Å². The van der Waals surface area contributed by atoms with Crippen LogP contribution in [0.3, 0.4) is 0 Å². The Labute approximate surface area is 159 Å². The quantitative estimate of drug-likeness (QED) is 0.739. The first kappa shape index (κ1) is 17.8. The molecule has 1 aromatic heterocycles. The number of fused-ring (bicyclic) bond motifs is 1. The zero-order chi connectivity index (χ0) is 17.8. The van der Waals surface area contributed by atoms with E-state index in [1.54, 1.807) is 11.3 Å². The maximum Gasteiger partial charge on any atom is 0.274 e. The van der Waals surface area contributed by atoms with Crippen molar-refractivity contribution in [2.24, 2.45) is 5.92 Å². The predicted octanol–water partition coefficient (Wildman–Crippen LogP) is 5.03. The third kappa shape index (κ3) is 4.37. The van der Waals surface area contributed by atoms with Crippen LogP contribution in [0.15, 0.2) is 24.3 Å². The Hall–Kier alpha value is -1.62. The molecule has 140 valence electrons. The number of likely N-dealkylation sites (tertiary alicyclic amines) is 1. The lowest BCUT2D eigenvalue weighted by atomic mass is 9.86. The van der Waals surface area contributed by atoms with E-state index in [1.165, 1.54) is 32.1 Å². The summed E-state index contributed by atoms with van der Waals surface area (Å²) in [6.07, 6.45) is 10.5. The highest BCUT2D eigenvalue weighted by atomic mass is 32.1. The number of amides is 1. The predicted molar refractivity (Wildman–Crippen MR) is 106 cm³/mol. The van der Waals surface area contributed by atoms with E-state index in [-0.39, 0.29) is 6.10 Å². The van der Waals surface area contributed by atoms with Gasteiger partial charge >= 0.3 is 0 Å². The van der Waals surface area contributed by atoms with E-state index in [1.807, 2.05) is 23.1 Å². The fourth-order valence-electron chi connectivity index (χ4n) is 4.23.